The lowest BCUT2D eigenvalue weighted by Crippen LogP contribution is -2.53. The SMILES string of the molecule is CC(=O)NC(C(=O)NC1CCc2nccn2C1)C1CCCC1. The van der Waals surface area contributed by atoms with Gasteiger partial charge in [-0.25, -0.2) is 4.98 Å². The van der Waals surface area contributed by atoms with E-state index in [0.29, 0.717) is 0 Å². The van der Waals surface area contributed by atoms with Crippen LogP contribution in [-0.4, -0.2) is 33.4 Å². The number of aryl methyl sites for hydroxylation is 1. The summed E-state index contributed by atoms with van der Waals surface area (Å²) in [6.07, 6.45) is 9.88. The number of fused-ring (bicyclic) bond motifs is 1. The number of hydrogen-bond donors (Lipinski definition) is 2. The van der Waals surface area contributed by atoms with Crippen molar-refractivity contribution >= 4 is 11.8 Å². The second kappa shape index (κ2) is 6.50. The third-order valence-corrected chi connectivity index (χ3v) is 4.79. The average Bonchev–Trinajstić information content (AvgIpc) is 3.15. The molecule has 2 unspecified atom stereocenters. The largest absolute Gasteiger partial charge is 0.350 e. The second-order valence-electron chi connectivity index (χ2n) is 6.46. The van der Waals surface area contributed by atoms with Gasteiger partial charge in [-0.1, -0.05) is 12.8 Å². The summed E-state index contributed by atoms with van der Waals surface area (Å²) in [5.74, 6) is 1.19. The summed E-state index contributed by atoms with van der Waals surface area (Å²) < 4.78 is 2.09. The summed E-state index contributed by atoms with van der Waals surface area (Å²) in [5.41, 5.74) is 0. The smallest absolute Gasteiger partial charge is 0.243 e. The zero-order chi connectivity index (χ0) is 15.5. The molecule has 1 saturated carbocycles. The van der Waals surface area contributed by atoms with Gasteiger partial charge in [-0.3, -0.25) is 9.59 Å². The van der Waals surface area contributed by atoms with Crippen LogP contribution in [0.2, 0.25) is 0 Å². The van der Waals surface area contributed by atoms with Crippen LogP contribution in [0.3, 0.4) is 0 Å². The fourth-order valence-electron chi connectivity index (χ4n) is 3.68. The van der Waals surface area contributed by atoms with Crippen LogP contribution in [0.25, 0.3) is 0 Å². The first kappa shape index (κ1) is 15.1. The molecule has 0 bridgehead atoms. The van der Waals surface area contributed by atoms with Crippen molar-refractivity contribution in [3.63, 3.8) is 0 Å². The highest BCUT2D eigenvalue weighted by Crippen LogP contribution is 2.28. The Kier molecular flexibility index (Phi) is 4.45. The first-order valence-corrected chi connectivity index (χ1v) is 8.21. The average molecular weight is 304 g/mol. The van der Waals surface area contributed by atoms with Gasteiger partial charge in [0, 0.05) is 38.3 Å². The molecule has 2 heterocycles. The quantitative estimate of drug-likeness (QED) is 0.871. The zero-order valence-electron chi connectivity index (χ0n) is 13.0. The Morgan fingerprint density at radius 3 is 2.82 bits per heavy atom. The van der Waals surface area contributed by atoms with E-state index in [0.717, 1.165) is 50.9 Å². The Bertz CT molecular complexity index is 548. The molecule has 0 saturated heterocycles. The molecule has 2 atom stereocenters. The van der Waals surface area contributed by atoms with Gasteiger partial charge < -0.3 is 15.2 Å². The maximum atomic E-state index is 12.6. The number of nitrogens with zero attached hydrogens (tertiary/aromatic N) is 2. The standard InChI is InChI=1S/C16H24N4O2/c1-11(21)18-15(12-4-2-3-5-12)16(22)19-13-6-7-14-17-8-9-20(14)10-13/h8-9,12-13,15H,2-7,10H2,1H3,(H,18,21)(H,19,22). The number of aromatic nitrogens is 2. The van der Waals surface area contributed by atoms with Crippen LogP contribution >= 0.6 is 0 Å². The predicted octanol–water partition coefficient (Wildman–Crippen LogP) is 1.01. The molecule has 1 aromatic rings. The van der Waals surface area contributed by atoms with Crippen LogP contribution in [0.1, 0.15) is 44.9 Å². The molecule has 120 valence electrons. The molecule has 2 amide bonds. The summed E-state index contributed by atoms with van der Waals surface area (Å²) in [6.45, 7) is 2.24. The van der Waals surface area contributed by atoms with Crippen molar-refractivity contribution in [2.75, 3.05) is 0 Å². The van der Waals surface area contributed by atoms with Crippen molar-refractivity contribution < 1.29 is 9.59 Å². The van der Waals surface area contributed by atoms with E-state index in [-0.39, 0.29) is 29.8 Å². The van der Waals surface area contributed by atoms with E-state index in [1.165, 1.54) is 6.92 Å². The monoisotopic (exact) mass is 304 g/mol. The lowest BCUT2D eigenvalue weighted by molar-refractivity contribution is -0.130. The molecule has 22 heavy (non-hydrogen) atoms. The maximum absolute atomic E-state index is 12.6. The number of imidazole rings is 1. The minimum Gasteiger partial charge on any atom is -0.350 e. The van der Waals surface area contributed by atoms with Gasteiger partial charge in [0.25, 0.3) is 0 Å². The summed E-state index contributed by atoms with van der Waals surface area (Å²) in [4.78, 5) is 28.4. The van der Waals surface area contributed by atoms with E-state index >= 15 is 0 Å². The normalized spacial score (nSPS) is 22.9. The Hall–Kier alpha value is -1.85. The third kappa shape index (κ3) is 3.31. The fraction of sp³-hybridized carbons (Fsp3) is 0.688. The number of carbonyl (C=O) groups excluding carboxylic acids is 2. The Balaban J connectivity index is 1.62. The molecule has 1 aromatic heterocycles. The molecular formula is C16H24N4O2. The predicted molar refractivity (Wildman–Crippen MR) is 82.0 cm³/mol. The molecular weight excluding hydrogens is 280 g/mol. The van der Waals surface area contributed by atoms with Crippen molar-refractivity contribution in [3.8, 4) is 0 Å². The van der Waals surface area contributed by atoms with Crippen molar-refractivity contribution in [2.24, 2.45) is 5.92 Å². The van der Waals surface area contributed by atoms with Gasteiger partial charge in [-0.2, -0.15) is 0 Å². The molecule has 2 N–H and O–H groups in total. The molecule has 1 aliphatic heterocycles. The van der Waals surface area contributed by atoms with Crippen molar-refractivity contribution in [1.82, 2.24) is 20.2 Å². The van der Waals surface area contributed by atoms with Gasteiger partial charge in [0.2, 0.25) is 11.8 Å². The van der Waals surface area contributed by atoms with E-state index in [1.807, 2.05) is 6.20 Å². The van der Waals surface area contributed by atoms with Gasteiger partial charge in [-0.05, 0) is 25.2 Å². The number of nitrogens with one attached hydrogen (secondary N) is 2. The van der Waals surface area contributed by atoms with E-state index in [2.05, 4.69) is 20.2 Å². The van der Waals surface area contributed by atoms with Crippen molar-refractivity contribution in [1.29, 1.82) is 0 Å². The molecule has 0 aromatic carbocycles. The number of hydrogen-bond acceptors (Lipinski definition) is 3. The minimum absolute atomic E-state index is 0.0318. The number of rotatable bonds is 4. The maximum Gasteiger partial charge on any atom is 0.243 e. The molecule has 1 fully saturated rings. The fourth-order valence-corrected chi connectivity index (χ4v) is 3.68. The number of carbonyl (C=O) groups is 2. The van der Waals surface area contributed by atoms with Gasteiger partial charge in [0.1, 0.15) is 11.9 Å². The summed E-state index contributed by atoms with van der Waals surface area (Å²) in [7, 11) is 0. The van der Waals surface area contributed by atoms with E-state index in [1.54, 1.807) is 6.20 Å². The highest BCUT2D eigenvalue weighted by molar-refractivity contribution is 5.87. The molecule has 1 aliphatic carbocycles. The molecule has 0 spiro atoms. The van der Waals surface area contributed by atoms with Gasteiger partial charge in [-0.15, -0.1) is 0 Å². The zero-order valence-corrected chi connectivity index (χ0v) is 13.0. The van der Waals surface area contributed by atoms with Gasteiger partial charge in [0.15, 0.2) is 0 Å². The van der Waals surface area contributed by atoms with Crippen LogP contribution in [0, 0.1) is 5.92 Å². The molecule has 3 rings (SSSR count). The summed E-state index contributed by atoms with van der Waals surface area (Å²) in [6, 6.07) is -0.268. The first-order valence-electron chi connectivity index (χ1n) is 8.21. The van der Waals surface area contributed by atoms with Crippen molar-refractivity contribution in [3.05, 3.63) is 18.2 Å². The second-order valence-corrected chi connectivity index (χ2v) is 6.46. The molecule has 2 aliphatic rings. The van der Waals surface area contributed by atoms with Gasteiger partial charge in [0.05, 0.1) is 0 Å². The highest BCUT2D eigenvalue weighted by Gasteiger charge is 2.32. The summed E-state index contributed by atoms with van der Waals surface area (Å²) >= 11 is 0. The Morgan fingerprint density at radius 1 is 1.32 bits per heavy atom. The van der Waals surface area contributed by atoms with Gasteiger partial charge >= 0.3 is 0 Å². The summed E-state index contributed by atoms with van der Waals surface area (Å²) in [5, 5.41) is 5.98. The third-order valence-electron chi connectivity index (χ3n) is 4.79. The number of amides is 2. The topological polar surface area (TPSA) is 76.0 Å². The van der Waals surface area contributed by atoms with E-state index < -0.39 is 0 Å². The highest BCUT2D eigenvalue weighted by atomic mass is 16.2. The molecule has 0 radical (unpaired) electrons. The minimum atomic E-state index is -0.385. The lowest BCUT2D eigenvalue weighted by atomic mass is 9.96. The van der Waals surface area contributed by atoms with E-state index in [4.69, 9.17) is 0 Å². The molecule has 6 heteroatoms. The van der Waals surface area contributed by atoms with Crippen LogP contribution in [-0.2, 0) is 22.6 Å². The molecule has 6 nitrogen and oxygen atoms in total. The van der Waals surface area contributed by atoms with Crippen LogP contribution in [0.4, 0.5) is 0 Å². The van der Waals surface area contributed by atoms with Crippen LogP contribution in [0.5, 0.6) is 0 Å². The lowest BCUT2D eigenvalue weighted by Gasteiger charge is -2.29. The first-order chi connectivity index (χ1) is 10.6. The van der Waals surface area contributed by atoms with E-state index in [9.17, 15) is 9.59 Å². The van der Waals surface area contributed by atoms with Crippen molar-refractivity contribution in [2.45, 2.75) is 64.1 Å². The van der Waals surface area contributed by atoms with Crippen LogP contribution < -0.4 is 10.6 Å². The Morgan fingerprint density at radius 2 is 2.09 bits per heavy atom. The Labute approximate surface area is 130 Å². The van der Waals surface area contributed by atoms with Crippen LogP contribution in [0.15, 0.2) is 12.4 Å².